The van der Waals surface area contributed by atoms with Gasteiger partial charge in [-0.3, -0.25) is 0 Å². The third kappa shape index (κ3) is 2.14. The quantitative estimate of drug-likeness (QED) is 0.827. The smallest absolute Gasteiger partial charge is 0.134 e. The second kappa shape index (κ2) is 4.72. The summed E-state index contributed by atoms with van der Waals surface area (Å²) in [6.07, 6.45) is 6.67. The van der Waals surface area contributed by atoms with Crippen molar-refractivity contribution >= 4 is 11.6 Å². The van der Waals surface area contributed by atoms with Crippen LogP contribution in [-0.4, -0.2) is 40.0 Å². The summed E-state index contributed by atoms with van der Waals surface area (Å²) in [5, 5.41) is 3.54. The van der Waals surface area contributed by atoms with Crippen LogP contribution in [0.1, 0.15) is 31.2 Å². The van der Waals surface area contributed by atoms with Gasteiger partial charge in [-0.1, -0.05) is 0 Å². The van der Waals surface area contributed by atoms with E-state index in [1.807, 2.05) is 6.92 Å². The van der Waals surface area contributed by atoms with Gasteiger partial charge in [-0.25, -0.2) is 9.97 Å². The van der Waals surface area contributed by atoms with Crippen molar-refractivity contribution in [2.45, 2.75) is 44.7 Å². The van der Waals surface area contributed by atoms with Gasteiger partial charge in [0, 0.05) is 24.2 Å². The summed E-state index contributed by atoms with van der Waals surface area (Å²) >= 11 is 0. The summed E-state index contributed by atoms with van der Waals surface area (Å²) in [6, 6.07) is 1.30. The second-order valence-electron chi connectivity index (χ2n) is 5.43. The number of hydrogen-bond donors (Lipinski definition) is 2. The zero-order valence-corrected chi connectivity index (χ0v) is 10.9. The minimum atomic E-state index is 0.525. The van der Waals surface area contributed by atoms with Gasteiger partial charge in [0.1, 0.15) is 18.0 Å². The van der Waals surface area contributed by atoms with Gasteiger partial charge in [0.2, 0.25) is 0 Å². The van der Waals surface area contributed by atoms with E-state index in [1.165, 1.54) is 45.1 Å². The minimum Gasteiger partial charge on any atom is -0.383 e. The van der Waals surface area contributed by atoms with Gasteiger partial charge in [-0.15, -0.1) is 0 Å². The van der Waals surface area contributed by atoms with Crippen LogP contribution in [0.5, 0.6) is 0 Å². The predicted octanol–water partition coefficient (Wildman–Crippen LogP) is 1.41. The van der Waals surface area contributed by atoms with Crippen molar-refractivity contribution in [2.75, 3.05) is 24.1 Å². The first kappa shape index (κ1) is 11.7. The van der Waals surface area contributed by atoms with Crippen molar-refractivity contribution in [1.82, 2.24) is 14.9 Å². The zero-order chi connectivity index (χ0) is 12.5. The molecule has 3 rings (SSSR count). The van der Waals surface area contributed by atoms with Crippen molar-refractivity contribution in [2.24, 2.45) is 0 Å². The molecule has 2 aliphatic heterocycles. The number of nitrogens with one attached hydrogen (secondary N) is 1. The Labute approximate surface area is 108 Å². The van der Waals surface area contributed by atoms with Gasteiger partial charge in [0.15, 0.2) is 0 Å². The molecule has 2 atom stereocenters. The number of nitrogens with zero attached hydrogens (tertiary/aromatic N) is 3. The Kier molecular flexibility index (Phi) is 3.07. The summed E-state index contributed by atoms with van der Waals surface area (Å²) in [7, 11) is 0. The molecule has 5 nitrogen and oxygen atoms in total. The van der Waals surface area contributed by atoms with Crippen LogP contribution in [0.25, 0.3) is 0 Å². The molecule has 2 fully saturated rings. The van der Waals surface area contributed by atoms with E-state index in [9.17, 15) is 0 Å². The summed E-state index contributed by atoms with van der Waals surface area (Å²) in [5.41, 5.74) is 6.78. The van der Waals surface area contributed by atoms with Gasteiger partial charge < -0.3 is 16.0 Å². The van der Waals surface area contributed by atoms with Crippen molar-refractivity contribution in [1.29, 1.82) is 0 Å². The number of piperidine rings is 1. The van der Waals surface area contributed by atoms with E-state index in [0.29, 0.717) is 11.9 Å². The average Bonchev–Trinajstić information content (AvgIpc) is 2.82. The van der Waals surface area contributed by atoms with E-state index in [2.05, 4.69) is 20.2 Å². The molecule has 0 radical (unpaired) electrons. The maximum absolute atomic E-state index is 5.81. The fourth-order valence-corrected chi connectivity index (χ4v) is 3.16. The fraction of sp³-hybridized carbons (Fsp3) is 0.692. The predicted molar refractivity (Wildman–Crippen MR) is 72.4 cm³/mol. The normalized spacial score (nSPS) is 28.1. The molecule has 0 aliphatic carbocycles. The summed E-state index contributed by atoms with van der Waals surface area (Å²) in [5.74, 6) is 1.48. The van der Waals surface area contributed by atoms with Crippen LogP contribution < -0.4 is 11.1 Å². The molecule has 5 heteroatoms. The largest absolute Gasteiger partial charge is 0.383 e. The van der Waals surface area contributed by atoms with E-state index in [1.54, 1.807) is 0 Å². The first-order valence-electron chi connectivity index (χ1n) is 6.81. The molecule has 2 aliphatic rings. The molecule has 0 saturated carbocycles. The standard InChI is InChI=1S/C13H21N5/c1-9-12(14)15-8-16-13(9)17-10-4-6-18-5-2-3-11(18)7-10/h8,10-11H,2-7H2,1H3,(H3,14,15,16,17). The fourth-order valence-electron chi connectivity index (χ4n) is 3.16. The highest BCUT2D eigenvalue weighted by molar-refractivity contribution is 5.54. The lowest BCUT2D eigenvalue weighted by Gasteiger charge is -2.35. The monoisotopic (exact) mass is 247 g/mol. The molecule has 3 N–H and O–H groups in total. The Balaban J connectivity index is 1.68. The summed E-state index contributed by atoms with van der Waals surface area (Å²) in [6.45, 7) is 4.47. The number of anilines is 2. The van der Waals surface area contributed by atoms with Crippen molar-refractivity contribution < 1.29 is 0 Å². The maximum Gasteiger partial charge on any atom is 0.134 e. The van der Waals surface area contributed by atoms with Crippen LogP contribution >= 0.6 is 0 Å². The first-order chi connectivity index (χ1) is 8.74. The highest BCUT2D eigenvalue weighted by Crippen LogP contribution is 2.29. The zero-order valence-electron chi connectivity index (χ0n) is 10.9. The molecular weight excluding hydrogens is 226 g/mol. The van der Waals surface area contributed by atoms with Crippen LogP contribution in [0.15, 0.2) is 6.33 Å². The molecular formula is C13H21N5. The molecule has 1 aromatic rings. The van der Waals surface area contributed by atoms with E-state index < -0.39 is 0 Å². The van der Waals surface area contributed by atoms with Gasteiger partial charge in [-0.2, -0.15) is 0 Å². The lowest BCUT2D eigenvalue weighted by Crippen LogP contribution is -2.43. The Bertz CT molecular complexity index is 433. The molecule has 3 heterocycles. The molecule has 0 aromatic carbocycles. The third-order valence-electron chi connectivity index (χ3n) is 4.28. The number of aromatic nitrogens is 2. The molecule has 18 heavy (non-hydrogen) atoms. The van der Waals surface area contributed by atoms with Crippen LogP contribution in [0.3, 0.4) is 0 Å². The van der Waals surface area contributed by atoms with Gasteiger partial charge in [0.05, 0.1) is 0 Å². The average molecular weight is 247 g/mol. The molecule has 98 valence electrons. The maximum atomic E-state index is 5.81. The van der Waals surface area contributed by atoms with E-state index >= 15 is 0 Å². The first-order valence-corrected chi connectivity index (χ1v) is 6.81. The Morgan fingerprint density at radius 1 is 1.33 bits per heavy atom. The van der Waals surface area contributed by atoms with Crippen LogP contribution in [0.4, 0.5) is 11.6 Å². The lowest BCUT2D eigenvalue weighted by atomic mass is 9.97. The van der Waals surface area contributed by atoms with Crippen molar-refractivity contribution in [3.8, 4) is 0 Å². The van der Waals surface area contributed by atoms with Gasteiger partial charge >= 0.3 is 0 Å². The van der Waals surface area contributed by atoms with Crippen molar-refractivity contribution in [3.63, 3.8) is 0 Å². The third-order valence-corrected chi connectivity index (χ3v) is 4.28. The molecule has 1 aromatic heterocycles. The number of rotatable bonds is 2. The highest BCUT2D eigenvalue weighted by Gasteiger charge is 2.31. The molecule has 2 saturated heterocycles. The van der Waals surface area contributed by atoms with Gasteiger partial charge in [-0.05, 0) is 39.2 Å². The molecule has 0 amide bonds. The molecule has 0 bridgehead atoms. The number of hydrogen-bond acceptors (Lipinski definition) is 5. The molecule has 0 spiro atoms. The van der Waals surface area contributed by atoms with E-state index in [4.69, 9.17) is 5.73 Å². The number of nitrogens with two attached hydrogens (primary N) is 1. The topological polar surface area (TPSA) is 67.1 Å². The number of nitrogen functional groups attached to an aromatic ring is 1. The second-order valence-corrected chi connectivity index (χ2v) is 5.43. The summed E-state index contributed by atoms with van der Waals surface area (Å²) < 4.78 is 0. The van der Waals surface area contributed by atoms with E-state index in [-0.39, 0.29) is 0 Å². The Morgan fingerprint density at radius 3 is 3.11 bits per heavy atom. The van der Waals surface area contributed by atoms with Crippen LogP contribution in [0.2, 0.25) is 0 Å². The SMILES string of the molecule is Cc1c(N)ncnc1NC1CCN2CCCC2C1. The lowest BCUT2D eigenvalue weighted by molar-refractivity contribution is 0.188. The Hall–Kier alpha value is -1.36. The Morgan fingerprint density at radius 2 is 2.22 bits per heavy atom. The summed E-state index contributed by atoms with van der Waals surface area (Å²) in [4.78, 5) is 10.9. The minimum absolute atomic E-state index is 0.525. The van der Waals surface area contributed by atoms with Crippen molar-refractivity contribution in [3.05, 3.63) is 11.9 Å². The van der Waals surface area contributed by atoms with Gasteiger partial charge in [0.25, 0.3) is 0 Å². The number of fused-ring (bicyclic) bond motifs is 1. The van der Waals surface area contributed by atoms with Crippen LogP contribution in [-0.2, 0) is 0 Å². The molecule has 2 unspecified atom stereocenters. The van der Waals surface area contributed by atoms with E-state index in [0.717, 1.165) is 17.4 Å². The highest BCUT2D eigenvalue weighted by atomic mass is 15.2. The van der Waals surface area contributed by atoms with Crippen LogP contribution in [0, 0.1) is 6.92 Å².